The molecule has 2 unspecified atom stereocenters. The highest BCUT2D eigenvalue weighted by Gasteiger charge is 2.27. The van der Waals surface area contributed by atoms with Gasteiger partial charge in [-0.05, 0) is 37.8 Å². The number of nitrogens with two attached hydrogens (primary N) is 1. The quantitative estimate of drug-likeness (QED) is 0.702. The predicted octanol–water partition coefficient (Wildman–Crippen LogP) is 2.58. The number of carbonyl (C=O) groups is 1. The van der Waals surface area contributed by atoms with Crippen molar-refractivity contribution in [2.45, 2.75) is 45.2 Å². The van der Waals surface area contributed by atoms with Gasteiger partial charge < -0.3 is 20.5 Å². The lowest BCUT2D eigenvalue weighted by molar-refractivity contribution is -0.125. The first-order valence-electron chi connectivity index (χ1n) is 8.34. The van der Waals surface area contributed by atoms with Crippen molar-refractivity contribution < 1.29 is 14.3 Å². The molecule has 0 radical (unpaired) electrons. The molecule has 2 atom stereocenters. The summed E-state index contributed by atoms with van der Waals surface area (Å²) < 4.78 is 10.9. The van der Waals surface area contributed by atoms with E-state index >= 15 is 0 Å². The predicted molar refractivity (Wildman–Crippen MR) is 97.6 cm³/mol. The molecule has 0 aliphatic heterocycles. The maximum Gasteiger partial charge on any atom is 0.223 e. The number of halogens is 1. The summed E-state index contributed by atoms with van der Waals surface area (Å²) >= 11 is 0. The van der Waals surface area contributed by atoms with Crippen LogP contribution in [0.1, 0.15) is 36.8 Å². The normalized spacial score (nSPS) is 19.6. The number of hydrogen-bond acceptors (Lipinski definition) is 4. The van der Waals surface area contributed by atoms with E-state index in [0.717, 1.165) is 42.6 Å². The molecule has 6 heteroatoms. The number of aryl methyl sites for hydroxylation is 1. The van der Waals surface area contributed by atoms with Crippen LogP contribution in [0.4, 0.5) is 0 Å². The summed E-state index contributed by atoms with van der Waals surface area (Å²) in [7, 11) is 1.68. The molecule has 3 N–H and O–H groups in total. The van der Waals surface area contributed by atoms with Crippen LogP contribution in [0.2, 0.25) is 0 Å². The molecule has 24 heavy (non-hydrogen) atoms. The summed E-state index contributed by atoms with van der Waals surface area (Å²) in [5.41, 5.74) is 8.03. The fourth-order valence-corrected chi connectivity index (χ4v) is 2.91. The molecule has 0 aromatic heterocycles. The molecule has 136 valence electrons. The van der Waals surface area contributed by atoms with Crippen molar-refractivity contribution in [3.05, 3.63) is 29.3 Å². The van der Waals surface area contributed by atoms with Gasteiger partial charge in [0.1, 0.15) is 5.75 Å². The first-order valence-corrected chi connectivity index (χ1v) is 8.34. The Labute approximate surface area is 150 Å². The fourth-order valence-electron chi connectivity index (χ4n) is 2.91. The number of hydrogen-bond donors (Lipinski definition) is 2. The monoisotopic (exact) mass is 356 g/mol. The number of amides is 1. The van der Waals surface area contributed by atoms with Crippen molar-refractivity contribution in [2.24, 2.45) is 11.7 Å². The molecule has 0 bridgehead atoms. The zero-order chi connectivity index (χ0) is 16.7. The van der Waals surface area contributed by atoms with E-state index in [9.17, 15) is 4.79 Å². The summed E-state index contributed by atoms with van der Waals surface area (Å²) in [6.07, 6.45) is 3.47. The van der Waals surface area contributed by atoms with E-state index < -0.39 is 0 Å². The van der Waals surface area contributed by atoms with Crippen molar-refractivity contribution in [1.82, 2.24) is 5.32 Å². The van der Waals surface area contributed by atoms with Crippen LogP contribution < -0.4 is 15.8 Å². The number of ether oxygens (including phenoxy) is 2. The van der Waals surface area contributed by atoms with E-state index in [2.05, 4.69) is 5.32 Å². The van der Waals surface area contributed by atoms with Gasteiger partial charge in [-0.1, -0.05) is 12.1 Å². The summed E-state index contributed by atoms with van der Waals surface area (Å²) in [6.45, 7) is 3.81. The second-order valence-corrected chi connectivity index (χ2v) is 6.29. The van der Waals surface area contributed by atoms with Crippen molar-refractivity contribution >= 4 is 18.3 Å². The lowest BCUT2D eigenvalue weighted by Crippen LogP contribution is -2.30. The second kappa shape index (κ2) is 10.5. The number of rotatable bonds is 8. The smallest absolute Gasteiger partial charge is 0.223 e. The third-order valence-electron chi connectivity index (χ3n) is 4.27. The average molecular weight is 357 g/mol. The Bertz CT molecular complexity index is 525. The topological polar surface area (TPSA) is 73.6 Å². The van der Waals surface area contributed by atoms with Gasteiger partial charge in [0.15, 0.2) is 0 Å². The van der Waals surface area contributed by atoms with Crippen molar-refractivity contribution in [3.63, 3.8) is 0 Å². The van der Waals surface area contributed by atoms with Crippen LogP contribution in [0.5, 0.6) is 5.75 Å². The van der Waals surface area contributed by atoms with Crippen LogP contribution in [0.25, 0.3) is 0 Å². The van der Waals surface area contributed by atoms with Gasteiger partial charge in [0.25, 0.3) is 0 Å². The van der Waals surface area contributed by atoms with Gasteiger partial charge in [-0.3, -0.25) is 4.79 Å². The molecule has 1 fully saturated rings. The molecule has 1 aliphatic rings. The molecule has 0 heterocycles. The molecule has 1 aliphatic carbocycles. The highest BCUT2D eigenvalue weighted by atomic mass is 35.5. The van der Waals surface area contributed by atoms with E-state index in [1.807, 2.05) is 25.1 Å². The van der Waals surface area contributed by atoms with Crippen molar-refractivity contribution in [1.29, 1.82) is 0 Å². The number of nitrogens with one attached hydrogen (secondary N) is 1. The zero-order valence-corrected chi connectivity index (χ0v) is 15.4. The molecule has 0 saturated heterocycles. The minimum Gasteiger partial charge on any atom is -0.493 e. The van der Waals surface area contributed by atoms with Gasteiger partial charge >= 0.3 is 0 Å². The van der Waals surface area contributed by atoms with Crippen molar-refractivity contribution in [3.8, 4) is 5.75 Å². The first-order chi connectivity index (χ1) is 11.1. The summed E-state index contributed by atoms with van der Waals surface area (Å²) in [4.78, 5) is 12.2. The Morgan fingerprint density at radius 3 is 2.79 bits per heavy atom. The molecule has 5 nitrogen and oxygen atoms in total. The van der Waals surface area contributed by atoms with Gasteiger partial charge in [0, 0.05) is 44.2 Å². The van der Waals surface area contributed by atoms with Crippen LogP contribution in [0.3, 0.4) is 0 Å². The Morgan fingerprint density at radius 1 is 1.33 bits per heavy atom. The molecule has 1 amide bonds. The summed E-state index contributed by atoms with van der Waals surface area (Å²) in [5, 5.41) is 3.02. The Balaban J connectivity index is 0.00000288. The lowest BCUT2D eigenvalue weighted by Gasteiger charge is -2.15. The van der Waals surface area contributed by atoms with E-state index in [1.54, 1.807) is 7.11 Å². The average Bonchev–Trinajstić information content (AvgIpc) is 2.97. The van der Waals surface area contributed by atoms with Crippen LogP contribution >= 0.6 is 12.4 Å². The molecular formula is C18H29ClN2O3. The highest BCUT2D eigenvalue weighted by molar-refractivity contribution is 5.85. The number of methoxy groups -OCH3 is 1. The first kappa shape index (κ1) is 20.7. The van der Waals surface area contributed by atoms with Crippen LogP contribution in [0, 0.1) is 12.8 Å². The molecule has 1 saturated carbocycles. The van der Waals surface area contributed by atoms with Gasteiger partial charge in [0.05, 0.1) is 6.61 Å². The van der Waals surface area contributed by atoms with E-state index in [-0.39, 0.29) is 30.3 Å². The highest BCUT2D eigenvalue weighted by Crippen LogP contribution is 2.25. The SMILES string of the molecule is COCCCOc1cc(C)ccc1CNC(=O)C1CCC(N)C1.Cl. The molecule has 1 aromatic carbocycles. The Kier molecular flexibility index (Phi) is 9.11. The third-order valence-corrected chi connectivity index (χ3v) is 4.27. The summed E-state index contributed by atoms with van der Waals surface area (Å²) in [5.74, 6) is 0.995. The lowest BCUT2D eigenvalue weighted by atomic mass is 10.1. The largest absolute Gasteiger partial charge is 0.493 e. The Morgan fingerprint density at radius 2 is 2.12 bits per heavy atom. The second-order valence-electron chi connectivity index (χ2n) is 6.29. The van der Waals surface area contributed by atoms with Gasteiger partial charge in [-0.2, -0.15) is 0 Å². The van der Waals surface area contributed by atoms with Crippen LogP contribution in [-0.4, -0.2) is 32.3 Å². The maximum absolute atomic E-state index is 12.2. The molecule has 2 rings (SSSR count). The third kappa shape index (κ3) is 6.30. The molecule has 0 spiro atoms. The van der Waals surface area contributed by atoms with Crippen molar-refractivity contribution in [2.75, 3.05) is 20.3 Å². The van der Waals surface area contributed by atoms with Gasteiger partial charge in [-0.15, -0.1) is 12.4 Å². The fraction of sp³-hybridized carbons (Fsp3) is 0.611. The molecule has 1 aromatic rings. The summed E-state index contributed by atoms with van der Waals surface area (Å²) in [6, 6.07) is 6.24. The van der Waals surface area contributed by atoms with Crippen LogP contribution in [-0.2, 0) is 16.1 Å². The minimum atomic E-state index is 0. The minimum absolute atomic E-state index is 0. The number of benzene rings is 1. The van der Waals surface area contributed by atoms with E-state index in [0.29, 0.717) is 19.8 Å². The van der Waals surface area contributed by atoms with E-state index in [1.165, 1.54) is 0 Å². The standard InChI is InChI=1S/C18H28N2O3.ClH/c1-13-4-5-15(17(10-13)23-9-3-8-22-2)12-20-18(21)14-6-7-16(19)11-14;/h4-5,10,14,16H,3,6-9,11-12,19H2,1-2H3,(H,20,21);1H. The van der Waals surface area contributed by atoms with Gasteiger partial charge in [0.2, 0.25) is 5.91 Å². The molecular weight excluding hydrogens is 328 g/mol. The Hall–Kier alpha value is -1.30. The number of carbonyl (C=O) groups excluding carboxylic acids is 1. The van der Waals surface area contributed by atoms with Crippen LogP contribution in [0.15, 0.2) is 18.2 Å². The maximum atomic E-state index is 12.2. The zero-order valence-electron chi connectivity index (χ0n) is 14.5. The van der Waals surface area contributed by atoms with E-state index in [4.69, 9.17) is 15.2 Å². The van der Waals surface area contributed by atoms with Gasteiger partial charge in [-0.25, -0.2) is 0 Å².